The molecule has 158 valence electrons. The maximum absolute atomic E-state index is 2.52. The standard InChI is InChI=1S/C29H38N/c1-19-15-23(22-11-9-8-10-12-22)18-27(21(19)3)28-26-14-13-25(29(4,5)6)17-24(26)16-20(2)30(28)7/h13-18,22H,8-12H2,1-7H3/q+1. The third-order valence-corrected chi connectivity index (χ3v) is 7.42. The summed E-state index contributed by atoms with van der Waals surface area (Å²) in [6.45, 7) is 13.7. The van der Waals surface area contributed by atoms with Crippen molar-refractivity contribution < 1.29 is 4.57 Å². The predicted molar refractivity (Wildman–Crippen MR) is 129 cm³/mol. The molecule has 1 aliphatic rings. The number of aromatic nitrogens is 1. The van der Waals surface area contributed by atoms with E-state index < -0.39 is 0 Å². The second-order valence-corrected chi connectivity index (χ2v) is 10.6. The zero-order valence-electron chi connectivity index (χ0n) is 20.0. The molecule has 3 aromatic rings. The lowest BCUT2D eigenvalue weighted by molar-refractivity contribution is -0.665. The highest BCUT2D eigenvalue weighted by atomic mass is 14.9. The zero-order chi connectivity index (χ0) is 21.6. The van der Waals surface area contributed by atoms with Crippen LogP contribution in [0.5, 0.6) is 0 Å². The van der Waals surface area contributed by atoms with Gasteiger partial charge in [-0.3, -0.25) is 0 Å². The van der Waals surface area contributed by atoms with E-state index in [9.17, 15) is 0 Å². The van der Waals surface area contributed by atoms with E-state index in [0.29, 0.717) is 0 Å². The fourth-order valence-corrected chi connectivity index (χ4v) is 5.17. The Labute approximate surface area is 183 Å². The lowest BCUT2D eigenvalue weighted by Gasteiger charge is -2.24. The molecule has 1 heterocycles. The van der Waals surface area contributed by atoms with Gasteiger partial charge in [-0.2, -0.15) is 4.57 Å². The van der Waals surface area contributed by atoms with Gasteiger partial charge in [0.1, 0.15) is 7.05 Å². The van der Waals surface area contributed by atoms with E-state index in [4.69, 9.17) is 0 Å². The van der Waals surface area contributed by atoms with Gasteiger partial charge in [0.05, 0.1) is 10.9 Å². The molecular formula is C29H38N+. The van der Waals surface area contributed by atoms with Crippen molar-refractivity contribution in [1.29, 1.82) is 0 Å². The molecule has 0 unspecified atom stereocenters. The molecule has 0 radical (unpaired) electrons. The Morgan fingerprint density at radius 1 is 0.867 bits per heavy atom. The molecule has 1 heteroatoms. The van der Waals surface area contributed by atoms with Gasteiger partial charge in [0.2, 0.25) is 5.69 Å². The molecule has 0 N–H and O–H groups in total. The SMILES string of the molecule is Cc1cc(C2CCCCC2)cc(-c2c3ccc(C(C)(C)C)cc3cc(C)[n+]2C)c1C. The van der Waals surface area contributed by atoms with Crippen LogP contribution in [0.2, 0.25) is 0 Å². The van der Waals surface area contributed by atoms with E-state index in [1.807, 2.05) is 0 Å². The van der Waals surface area contributed by atoms with E-state index in [1.54, 1.807) is 5.56 Å². The lowest BCUT2D eigenvalue weighted by atomic mass is 9.81. The number of aryl methyl sites for hydroxylation is 2. The van der Waals surface area contributed by atoms with Gasteiger partial charge >= 0.3 is 0 Å². The first kappa shape index (κ1) is 21.1. The summed E-state index contributed by atoms with van der Waals surface area (Å²) in [6.07, 6.45) is 6.85. The topological polar surface area (TPSA) is 3.88 Å². The molecule has 4 rings (SSSR count). The van der Waals surface area contributed by atoms with Crippen LogP contribution in [0.3, 0.4) is 0 Å². The van der Waals surface area contributed by atoms with Crippen LogP contribution in [0.25, 0.3) is 22.0 Å². The molecule has 1 saturated carbocycles. The smallest absolute Gasteiger partial charge is 0.198 e. The number of benzene rings is 2. The van der Waals surface area contributed by atoms with Crippen molar-refractivity contribution in [2.45, 2.75) is 85.0 Å². The van der Waals surface area contributed by atoms with Crippen molar-refractivity contribution in [2.24, 2.45) is 7.05 Å². The van der Waals surface area contributed by atoms with E-state index in [2.05, 4.69) is 89.6 Å². The molecular weight excluding hydrogens is 362 g/mol. The summed E-state index contributed by atoms with van der Waals surface area (Å²) in [5.74, 6) is 0.727. The first-order valence-corrected chi connectivity index (χ1v) is 11.7. The molecule has 2 aromatic carbocycles. The van der Waals surface area contributed by atoms with E-state index in [1.165, 1.54) is 76.5 Å². The summed E-state index contributed by atoms with van der Waals surface area (Å²) in [5, 5.41) is 2.72. The molecule has 0 spiro atoms. The van der Waals surface area contributed by atoms with Crippen molar-refractivity contribution in [3.8, 4) is 11.3 Å². The Bertz CT molecular complexity index is 1090. The number of nitrogens with zero attached hydrogens (tertiary/aromatic N) is 1. The van der Waals surface area contributed by atoms with Crippen LogP contribution in [0, 0.1) is 20.8 Å². The van der Waals surface area contributed by atoms with Crippen LogP contribution in [0.15, 0.2) is 36.4 Å². The van der Waals surface area contributed by atoms with Crippen molar-refractivity contribution in [2.75, 3.05) is 0 Å². The Morgan fingerprint density at radius 3 is 2.23 bits per heavy atom. The van der Waals surface area contributed by atoms with Gasteiger partial charge in [0, 0.05) is 13.0 Å². The molecule has 0 bridgehead atoms. The zero-order valence-corrected chi connectivity index (χ0v) is 20.0. The quantitative estimate of drug-likeness (QED) is 0.390. The van der Waals surface area contributed by atoms with Gasteiger partial charge in [0.15, 0.2) is 5.69 Å². The van der Waals surface area contributed by atoms with E-state index in [0.717, 1.165) is 5.92 Å². The Morgan fingerprint density at radius 2 is 1.57 bits per heavy atom. The first-order valence-electron chi connectivity index (χ1n) is 11.7. The van der Waals surface area contributed by atoms with Crippen molar-refractivity contribution >= 4 is 10.8 Å². The number of hydrogen-bond donors (Lipinski definition) is 0. The summed E-state index contributed by atoms with van der Waals surface area (Å²) >= 11 is 0. The van der Waals surface area contributed by atoms with E-state index >= 15 is 0 Å². The van der Waals surface area contributed by atoms with Crippen LogP contribution < -0.4 is 4.57 Å². The van der Waals surface area contributed by atoms with Gasteiger partial charge in [0.25, 0.3) is 0 Å². The number of hydrogen-bond acceptors (Lipinski definition) is 0. The molecule has 0 atom stereocenters. The molecule has 0 saturated heterocycles. The minimum atomic E-state index is 0.160. The molecule has 0 aliphatic heterocycles. The van der Waals surface area contributed by atoms with Crippen molar-refractivity contribution in [1.82, 2.24) is 0 Å². The average Bonchev–Trinajstić information content (AvgIpc) is 2.71. The monoisotopic (exact) mass is 400 g/mol. The third kappa shape index (κ3) is 3.80. The van der Waals surface area contributed by atoms with Crippen LogP contribution in [-0.2, 0) is 12.5 Å². The van der Waals surface area contributed by atoms with Crippen molar-refractivity contribution in [3.63, 3.8) is 0 Å². The second kappa shape index (κ2) is 7.84. The Hall–Kier alpha value is -2.15. The molecule has 30 heavy (non-hydrogen) atoms. The minimum absolute atomic E-state index is 0.160. The van der Waals surface area contributed by atoms with Gasteiger partial charge in [-0.1, -0.05) is 58.2 Å². The van der Waals surface area contributed by atoms with Gasteiger partial charge in [-0.05, 0) is 77.8 Å². The summed E-state index contributed by atoms with van der Waals surface area (Å²) in [5.41, 5.74) is 10.0. The highest BCUT2D eigenvalue weighted by molar-refractivity contribution is 5.94. The highest BCUT2D eigenvalue weighted by Crippen LogP contribution is 2.38. The average molecular weight is 401 g/mol. The van der Waals surface area contributed by atoms with Crippen LogP contribution in [0.4, 0.5) is 0 Å². The molecule has 1 fully saturated rings. The van der Waals surface area contributed by atoms with Crippen molar-refractivity contribution in [3.05, 3.63) is 64.3 Å². The fraction of sp³-hybridized carbons (Fsp3) is 0.483. The van der Waals surface area contributed by atoms with Gasteiger partial charge < -0.3 is 0 Å². The largest absolute Gasteiger partial charge is 0.220 e. The number of rotatable bonds is 2. The van der Waals surface area contributed by atoms with Gasteiger partial charge in [-0.25, -0.2) is 0 Å². The Balaban J connectivity index is 1.96. The Kier molecular flexibility index (Phi) is 5.51. The van der Waals surface area contributed by atoms with Crippen LogP contribution in [0.1, 0.15) is 86.7 Å². The molecule has 1 nitrogen and oxygen atoms in total. The van der Waals surface area contributed by atoms with Gasteiger partial charge in [-0.15, -0.1) is 0 Å². The van der Waals surface area contributed by atoms with Crippen LogP contribution in [-0.4, -0.2) is 0 Å². The summed E-state index contributed by atoms with van der Waals surface area (Å²) in [7, 11) is 2.23. The minimum Gasteiger partial charge on any atom is -0.198 e. The predicted octanol–water partition coefficient (Wildman–Crippen LogP) is 7.60. The first-order chi connectivity index (χ1) is 14.2. The molecule has 1 aromatic heterocycles. The summed E-state index contributed by atoms with van der Waals surface area (Å²) in [6, 6.07) is 14.4. The number of pyridine rings is 1. The highest BCUT2D eigenvalue weighted by Gasteiger charge is 2.24. The maximum atomic E-state index is 2.52. The molecule has 1 aliphatic carbocycles. The number of fused-ring (bicyclic) bond motifs is 1. The summed E-state index contributed by atoms with van der Waals surface area (Å²) < 4.78 is 2.39. The fourth-order valence-electron chi connectivity index (χ4n) is 5.17. The third-order valence-electron chi connectivity index (χ3n) is 7.42. The summed E-state index contributed by atoms with van der Waals surface area (Å²) in [4.78, 5) is 0. The van der Waals surface area contributed by atoms with E-state index in [-0.39, 0.29) is 5.41 Å². The normalized spacial score (nSPS) is 15.7. The lowest BCUT2D eigenvalue weighted by Crippen LogP contribution is -2.35. The van der Waals surface area contributed by atoms with Crippen LogP contribution >= 0.6 is 0 Å². The second-order valence-electron chi connectivity index (χ2n) is 10.6. The molecule has 0 amide bonds. The maximum Gasteiger partial charge on any atom is 0.220 e.